The van der Waals surface area contributed by atoms with Crippen LogP contribution >= 0.6 is 11.8 Å². The van der Waals surface area contributed by atoms with Gasteiger partial charge in [-0.15, -0.1) is 0 Å². The third-order valence-corrected chi connectivity index (χ3v) is 5.50. The second kappa shape index (κ2) is 9.44. The van der Waals surface area contributed by atoms with E-state index in [1.807, 2.05) is 11.8 Å². The van der Waals surface area contributed by atoms with Gasteiger partial charge in [0, 0.05) is 6.54 Å². The highest BCUT2D eigenvalue weighted by Crippen LogP contribution is 2.35. The first-order chi connectivity index (χ1) is 11.6. The van der Waals surface area contributed by atoms with Crippen LogP contribution in [0.1, 0.15) is 64.7 Å². The van der Waals surface area contributed by atoms with Crippen LogP contribution in [0, 0.1) is 0 Å². The monoisotopic (exact) mass is 353 g/mol. The van der Waals surface area contributed by atoms with Crippen LogP contribution in [0.4, 0.5) is 0 Å². The first kappa shape index (κ1) is 19.3. The summed E-state index contributed by atoms with van der Waals surface area (Å²) < 4.78 is 5.81. The smallest absolute Gasteiger partial charge is 0.334 e. The van der Waals surface area contributed by atoms with Crippen LogP contribution < -0.4 is 5.73 Å². The van der Waals surface area contributed by atoms with Gasteiger partial charge in [0.05, 0.1) is 11.5 Å². The van der Waals surface area contributed by atoms with Crippen LogP contribution in [0.2, 0.25) is 0 Å². The summed E-state index contributed by atoms with van der Waals surface area (Å²) in [6.07, 6.45) is 10.7. The Bertz CT molecular complexity index is 489. The number of amidine groups is 1. The summed E-state index contributed by atoms with van der Waals surface area (Å²) in [6.45, 7) is 2.52. The van der Waals surface area contributed by atoms with E-state index in [4.69, 9.17) is 15.5 Å². The average molecular weight is 354 g/mol. The zero-order valence-corrected chi connectivity index (χ0v) is 15.9. The van der Waals surface area contributed by atoms with Crippen LogP contribution in [-0.2, 0) is 9.53 Å². The molecule has 5 nitrogen and oxygen atoms in total. The predicted octanol–water partition coefficient (Wildman–Crippen LogP) is 3.36. The Kier molecular flexibility index (Phi) is 7.59. The third-order valence-electron chi connectivity index (χ3n) is 4.81. The molecule has 0 radical (unpaired) electrons. The molecule has 1 heterocycles. The number of nitrogens with zero attached hydrogens (tertiary/aromatic N) is 2. The third kappa shape index (κ3) is 5.23. The molecular weight excluding hydrogens is 322 g/mol. The quantitative estimate of drug-likeness (QED) is 0.298. The van der Waals surface area contributed by atoms with E-state index in [2.05, 4.69) is 11.2 Å². The van der Waals surface area contributed by atoms with E-state index in [0.29, 0.717) is 5.84 Å². The highest BCUT2D eigenvalue weighted by atomic mass is 32.2. The molecule has 2 unspecified atom stereocenters. The molecule has 0 bridgehead atoms. The number of carbonyl (C=O) groups is 1. The van der Waals surface area contributed by atoms with E-state index >= 15 is 0 Å². The topological polar surface area (TPSA) is 77.0 Å². The molecule has 0 spiro atoms. The number of hydrogen-bond donors (Lipinski definition) is 1. The van der Waals surface area contributed by atoms with E-state index in [9.17, 15) is 4.79 Å². The normalized spacial score (nSPS) is 27.4. The Labute approximate surface area is 149 Å². The fraction of sp³-hybridized carbons (Fsp3) is 0.833. The van der Waals surface area contributed by atoms with Crippen molar-refractivity contribution < 1.29 is 9.53 Å². The lowest BCUT2D eigenvalue weighted by Crippen LogP contribution is -2.49. The van der Waals surface area contributed by atoms with E-state index in [-0.39, 0.29) is 12.1 Å². The zero-order chi connectivity index (χ0) is 17.4. The van der Waals surface area contributed by atoms with Gasteiger partial charge in [0.2, 0.25) is 0 Å². The van der Waals surface area contributed by atoms with Crippen molar-refractivity contribution >= 4 is 29.3 Å². The minimum Gasteiger partial charge on any atom is -0.454 e. The van der Waals surface area contributed by atoms with Crippen molar-refractivity contribution in [3.8, 4) is 0 Å². The Morgan fingerprint density at radius 2 is 2.17 bits per heavy atom. The number of rotatable bonds is 9. The van der Waals surface area contributed by atoms with Gasteiger partial charge in [0.1, 0.15) is 6.10 Å². The van der Waals surface area contributed by atoms with Crippen molar-refractivity contribution in [1.29, 1.82) is 0 Å². The first-order valence-corrected chi connectivity index (χ1v) is 10.5. The number of thioether (sulfide) groups is 1. The Hall–Kier alpha value is -1.04. The Morgan fingerprint density at radius 1 is 1.38 bits per heavy atom. The van der Waals surface area contributed by atoms with Crippen molar-refractivity contribution in [2.75, 3.05) is 18.6 Å². The van der Waals surface area contributed by atoms with E-state index in [1.165, 1.54) is 0 Å². The molecule has 136 valence electrons. The number of ether oxygens (including phenoxy) is 1. The molecule has 24 heavy (non-hydrogen) atoms. The fourth-order valence-electron chi connectivity index (χ4n) is 3.51. The van der Waals surface area contributed by atoms with Crippen molar-refractivity contribution in [3.05, 3.63) is 0 Å². The molecule has 1 saturated carbocycles. The number of unbranched alkanes of at least 4 members (excludes halogenated alkanes) is 1. The molecule has 6 heteroatoms. The molecule has 0 aromatic rings. The largest absolute Gasteiger partial charge is 0.454 e. The van der Waals surface area contributed by atoms with Gasteiger partial charge in [0.25, 0.3) is 0 Å². The van der Waals surface area contributed by atoms with Gasteiger partial charge < -0.3 is 10.5 Å². The summed E-state index contributed by atoms with van der Waals surface area (Å²) in [4.78, 5) is 22.0. The average Bonchev–Trinajstić information content (AvgIpc) is 2.55. The minimum atomic E-state index is -0.652. The minimum absolute atomic E-state index is 0.0515. The second-order valence-corrected chi connectivity index (χ2v) is 7.84. The van der Waals surface area contributed by atoms with Crippen LogP contribution in [0.15, 0.2) is 9.98 Å². The number of aliphatic imine (C=N–C) groups is 2. The highest BCUT2D eigenvalue weighted by molar-refractivity contribution is 7.98. The van der Waals surface area contributed by atoms with Crippen LogP contribution in [0.5, 0.6) is 0 Å². The molecule has 2 aliphatic rings. The van der Waals surface area contributed by atoms with Crippen molar-refractivity contribution in [3.63, 3.8) is 0 Å². The van der Waals surface area contributed by atoms with Crippen molar-refractivity contribution in [2.45, 2.75) is 76.4 Å². The van der Waals surface area contributed by atoms with Gasteiger partial charge in [-0.1, -0.05) is 0 Å². The molecule has 0 saturated heterocycles. The summed E-state index contributed by atoms with van der Waals surface area (Å²) in [5.74, 6) is 1.57. The SMILES string of the molecule is CSCCCC1(CCCCN=C(C)N)N=C2CCCCC2OC1=O. The van der Waals surface area contributed by atoms with E-state index in [0.717, 1.165) is 75.8 Å². The van der Waals surface area contributed by atoms with Gasteiger partial charge >= 0.3 is 5.97 Å². The maximum absolute atomic E-state index is 12.8. The number of carbonyl (C=O) groups excluding carboxylic acids is 1. The summed E-state index contributed by atoms with van der Waals surface area (Å²) in [5.41, 5.74) is 6.04. The van der Waals surface area contributed by atoms with Gasteiger partial charge in [-0.2, -0.15) is 11.8 Å². The van der Waals surface area contributed by atoms with Crippen molar-refractivity contribution in [2.24, 2.45) is 15.7 Å². The molecule has 1 aliphatic heterocycles. The maximum Gasteiger partial charge on any atom is 0.334 e. The molecule has 0 aromatic heterocycles. The molecular formula is C18H31N3O2S. The van der Waals surface area contributed by atoms with E-state index in [1.54, 1.807) is 6.92 Å². The lowest BCUT2D eigenvalue weighted by Gasteiger charge is -2.38. The van der Waals surface area contributed by atoms with Crippen LogP contribution in [0.25, 0.3) is 0 Å². The number of esters is 1. The number of nitrogens with two attached hydrogens (primary N) is 1. The van der Waals surface area contributed by atoms with Crippen molar-refractivity contribution in [1.82, 2.24) is 0 Å². The van der Waals surface area contributed by atoms with Gasteiger partial charge in [-0.25, -0.2) is 4.79 Å². The summed E-state index contributed by atoms with van der Waals surface area (Å²) in [5, 5.41) is 0. The van der Waals surface area contributed by atoms with Gasteiger partial charge in [-0.3, -0.25) is 9.98 Å². The number of hydrogen-bond acceptors (Lipinski definition) is 5. The standard InChI is InChI=1S/C18H31N3O2S/c1-14(19)20-12-6-5-10-18(11-7-13-24-2)17(22)23-16-9-4-3-8-15(16)21-18/h16H,3-13H2,1-2H3,(H2,19,20). The summed E-state index contributed by atoms with van der Waals surface area (Å²) >= 11 is 1.82. The Morgan fingerprint density at radius 3 is 2.92 bits per heavy atom. The van der Waals surface area contributed by atoms with Gasteiger partial charge in [0.15, 0.2) is 5.54 Å². The highest BCUT2D eigenvalue weighted by Gasteiger charge is 2.45. The van der Waals surface area contributed by atoms with Crippen LogP contribution in [-0.4, -0.2) is 47.7 Å². The Balaban J connectivity index is 2.04. The summed E-state index contributed by atoms with van der Waals surface area (Å²) in [6, 6.07) is 0. The first-order valence-electron chi connectivity index (χ1n) is 9.12. The fourth-order valence-corrected chi connectivity index (χ4v) is 3.95. The lowest BCUT2D eigenvalue weighted by molar-refractivity contribution is -0.155. The van der Waals surface area contributed by atoms with Gasteiger partial charge in [-0.05, 0) is 76.7 Å². The summed E-state index contributed by atoms with van der Waals surface area (Å²) in [7, 11) is 0. The molecule has 2 rings (SSSR count). The lowest BCUT2D eigenvalue weighted by atomic mass is 9.84. The second-order valence-electron chi connectivity index (χ2n) is 6.85. The number of fused-ring (bicyclic) bond motifs is 1. The zero-order valence-electron chi connectivity index (χ0n) is 15.1. The molecule has 2 atom stereocenters. The maximum atomic E-state index is 12.8. The van der Waals surface area contributed by atoms with E-state index < -0.39 is 5.54 Å². The molecule has 0 amide bonds. The molecule has 0 aromatic carbocycles. The molecule has 1 aliphatic carbocycles. The molecule has 1 fully saturated rings. The predicted molar refractivity (Wildman–Crippen MR) is 102 cm³/mol. The molecule has 2 N–H and O–H groups in total. The van der Waals surface area contributed by atoms with Crippen LogP contribution in [0.3, 0.4) is 0 Å².